The zero-order chi connectivity index (χ0) is 15.1. The molecule has 110 valence electrons. The number of aryl methyl sites for hydroxylation is 1. The van der Waals surface area contributed by atoms with Gasteiger partial charge in [-0.1, -0.05) is 6.07 Å². The van der Waals surface area contributed by atoms with Crippen molar-refractivity contribution in [3.8, 4) is 0 Å². The Balaban J connectivity index is 1.65. The largest absolute Gasteiger partial charge is 0.459 e. The maximum Gasteiger partial charge on any atom is 0.287 e. The number of pyridine rings is 1. The third kappa shape index (κ3) is 4.76. The third-order valence-corrected chi connectivity index (χ3v) is 2.81. The molecule has 0 fully saturated rings. The molecule has 2 heterocycles. The highest BCUT2D eigenvalue weighted by atomic mass is 16.3. The molecule has 0 bridgehead atoms. The molecule has 2 N–H and O–H groups in total. The lowest BCUT2D eigenvalue weighted by Crippen LogP contribution is -2.35. The second-order valence-electron chi connectivity index (χ2n) is 4.57. The highest BCUT2D eigenvalue weighted by Crippen LogP contribution is 2.00. The fourth-order valence-electron chi connectivity index (χ4n) is 1.72. The average Bonchev–Trinajstić information content (AvgIpc) is 3.00. The molecule has 2 amide bonds. The molecular weight excluding hydrogens is 270 g/mol. The predicted molar refractivity (Wildman–Crippen MR) is 76.7 cm³/mol. The number of nitrogens with one attached hydrogen (secondary N) is 2. The van der Waals surface area contributed by atoms with Gasteiger partial charge in [0.25, 0.3) is 5.91 Å². The molecule has 0 aromatic carbocycles. The van der Waals surface area contributed by atoms with Gasteiger partial charge in [0.15, 0.2) is 5.76 Å². The minimum atomic E-state index is -0.294. The maximum absolute atomic E-state index is 11.7. The van der Waals surface area contributed by atoms with Gasteiger partial charge in [0.05, 0.1) is 12.7 Å². The van der Waals surface area contributed by atoms with Crippen LogP contribution in [-0.4, -0.2) is 29.9 Å². The van der Waals surface area contributed by atoms with Crippen molar-refractivity contribution in [2.75, 3.05) is 13.1 Å². The van der Waals surface area contributed by atoms with Crippen molar-refractivity contribution < 1.29 is 14.0 Å². The van der Waals surface area contributed by atoms with Crippen LogP contribution < -0.4 is 10.6 Å². The Labute approximate surface area is 122 Å². The van der Waals surface area contributed by atoms with Gasteiger partial charge in [-0.05, 0) is 30.7 Å². The summed E-state index contributed by atoms with van der Waals surface area (Å²) in [5.74, 6) is -0.142. The van der Waals surface area contributed by atoms with Crippen LogP contribution in [0.3, 0.4) is 0 Å². The average molecular weight is 287 g/mol. The number of hydrogen-bond donors (Lipinski definition) is 2. The van der Waals surface area contributed by atoms with E-state index >= 15 is 0 Å². The van der Waals surface area contributed by atoms with Crippen molar-refractivity contribution in [3.63, 3.8) is 0 Å². The van der Waals surface area contributed by atoms with Gasteiger partial charge in [-0.2, -0.15) is 0 Å². The first-order chi connectivity index (χ1) is 10.1. The molecule has 2 aromatic heterocycles. The Bertz CT molecular complexity index is 591. The first-order valence-corrected chi connectivity index (χ1v) is 6.65. The van der Waals surface area contributed by atoms with E-state index in [0.717, 1.165) is 11.3 Å². The Kier molecular flexibility index (Phi) is 5.09. The van der Waals surface area contributed by atoms with Crippen LogP contribution in [-0.2, 0) is 11.2 Å². The number of carbonyl (C=O) groups excluding carboxylic acids is 2. The summed E-state index contributed by atoms with van der Waals surface area (Å²) in [6.45, 7) is 2.60. The number of rotatable bonds is 6. The number of nitrogens with zero attached hydrogens (tertiary/aromatic N) is 1. The minimum absolute atomic E-state index is 0.104. The van der Waals surface area contributed by atoms with Crippen molar-refractivity contribution in [1.29, 1.82) is 0 Å². The molecule has 0 radical (unpaired) electrons. The number of hydrogen-bond acceptors (Lipinski definition) is 4. The fraction of sp³-hybridized carbons (Fsp3) is 0.267. The molecule has 0 aliphatic carbocycles. The molecule has 0 unspecified atom stereocenters. The molecule has 6 nitrogen and oxygen atoms in total. The monoisotopic (exact) mass is 287 g/mol. The van der Waals surface area contributed by atoms with E-state index in [9.17, 15) is 9.59 Å². The highest BCUT2D eigenvalue weighted by molar-refractivity contribution is 5.91. The number of amides is 2. The van der Waals surface area contributed by atoms with Crippen LogP contribution in [0.2, 0.25) is 0 Å². The summed E-state index contributed by atoms with van der Waals surface area (Å²) < 4.78 is 4.96. The van der Waals surface area contributed by atoms with Gasteiger partial charge in [0.1, 0.15) is 0 Å². The molecule has 0 saturated heterocycles. The first-order valence-electron chi connectivity index (χ1n) is 6.65. The van der Waals surface area contributed by atoms with Crippen LogP contribution >= 0.6 is 0 Å². The minimum Gasteiger partial charge on any atom is -0.459 e. The quantitative estimate of drug-likeness (QED) is 0.778. The van der Waals surface area contributed by atoms with Crippen molar-refractivity contribution in [2.45, 2.75) is 13.3 Å². The van der Waals surface area contributed by atoms with E-state index in [4.69, 9.17) is 4.42 Å². The third-order valence-electron chi connectivity index (χ3n) is 2.81. The summed E-state index contributed by atoms with van der Waals surface area (Å²) in [4.78, 5) is 27.4. The summed E-state index contributed by atoms with van der Waals surface area (Å²) in [6, 6.07) is 6.97. The van der Waals surface area contributed by atoms with Gasteiger partial charge in [-0.25, -0.2) is 0 Å². The number of aromatic nitrogens is 1. The van der Waals surface area contributed by atoms with Crippen molar-refractivity contribution >= 4 is 11.8 Å². The molecule has 0 atom stereocenters. The number of furan rings is 1. The summed E-state index contributed by atoms with van der Waals surface area (Å²) in [5.41, 5.74) is 1.78. The SMILES string of the molecule is Cc1ccc(CC(=O)NCCNC(=O)c2ccco2)cn1. The van der Waals surface area contributed by atoms with Crippen LogP contribution in [0.5, 0.6) is 0 Å². The van der Waals surface area contributed by atoms with Crippen molar-refractivity contribution in [1.82, 2.24) is 15.6 Å². The van der Waals surface area contributed by atoms with E-state index < -0.39 is 0 Å². The number of carbonyl (C=O) groups is 2. The molecule has 2 rings (SSSR count). The van der Waals surface area contributed by atoms with Gasteiger partial charge >= 0.3 is 0 Å². The van der Waals surface area contributed by atoms with Gasteiger partial charge in [0, 0.05) is 25.0 Å². The molecule has 2 aromatic rings. The van der Waals surface area contributed by atoms with Crippen molar-refractivity contribution in [2.24, 2.45) is 0 Å². The van der Waals surface area contributed by atoms with Gasteiger partial charge in [0.2, 0.25) is 5.91 Å². The molecule has 6 heteroatoms. The lowest BCUT2D eigenvalue weighted by atomic mass is 10.2. The fourth-order valence-corrected chi connectivity index (χ4v) is 1.72. The normalized spacial score (nSPS) is 10.1. The lowest BCUT2D eigenvalue weighted by Gasteiger charge is -2.06. The Morgan fingerprint density at radius 1 is 1.19 bits per heavy atom. The zero-order valence-corrected chi connectivity index (χ0v) is 11.8. The van der Waals surface area contributed by atoms with Crippen LogP contribution in [0.4, 0.5) is 0 Å². The predicted octanol–water partition coefficient (Wildman–Crippen LogP) is 1.07. The Hall–Kier alpha value is -2.63. The van der Waals surface area contributed by atoms with E-state index in [-0.39, 0.29) is 24.0 Å². The van der Waals surface area contributed by atoms with Gasteiger partial charge in [-0.15, -0.1) is 0 Å². The summed E-state index contributed by atoms with van der Waals surface area (Å²) in [5, 5.41) is 5.39. The van der Waals surface area contributed by atoms with E-state index in [0.29, 0.717) is 13.1 Å². The van der Waals surface area contributed by atoms with Crippen LogP contribution in [0.15, 0.2) is 41.1 Å². The van der Waals surface area contributed by atoms with Crippen LogP contribution in [0.25, 0.3) is 0 Å². The zero-order valence-electron chi connectivity index (χ0n) is 11.8. The molecule has 0 aliphatic heterocycles. The van der Waals surface area contributed by atoms with Crippen LogP contribution in [0.1, 0.15) is 21.8 Å². The molecule has 0 aliphatic rings. The topological polar surface area (TPSA) is 84.2 Å². The van der Waals surface area contributed by atoms with E-state index in [1.807, 2.05) is 19.1 Å². The smallest absolute Gasteiger partial charge is 0.287 e. The second kappa shape index (κ2) is 7.23. The Morgan fingerprint density at radius 2 is 2.00 bits per heavy atom. The van der Waals surface area contributed by atoms with E-state index in [1.54, 1.807) is 18.3 Å². The summed E-state index contributed by atoms with van der Waals surface area (Å²) in [6.07, 6.45) is 3.40. The highest BCUT2D eigenvalue weighted by Gasteiger charge is 2.07. The Morgan fingerprint density at radius 3 is 2.67 bits per heavy atom. The summed E-state index contributed by atoms with van der Waals surface area (Å²) in [7, 11) is 0. The molecule has 21 heavy (non-hydrogen) atoms. The molecule has 0 spiro atoms. The first kappa shape index (κ1) is 14.8. The molecule has 0 saturated carbocycles. The molecular formula is C15H17N3O3. The van der Waals surface area contributed by atoms with Crippen molar-refractivity contribution in [3.05, 3.63) is 53.7 Å². The van der Waals surface area contributed by atoms with Gasteiger partial charge < -0.3 is 15.1 Å². The van der Waals surface area contributed by atoms with E-state index in [1.165, 1.54) is 6.26 Å². The lowest BCUT2D eigenvalue weighted by molar-refractivity contribution is -0.120. The van der Waals surface area contributed by atoms with E-state index in [2.05, 4.69) is 15.6 Å². The standard InChI is InChI=1S/C15H17N3O3/c1-11-4-5-12(10-18-11)9-14(19)16-6-7-17-15(20)13-3-2-8-21-13/h2-5,8,10H,6-7,9H2,1H3,(H,16,19)(H,17,20). The van der Waals surface area contributed by atoms with Gasteiger partial charge in [-0.3, -0.25) is 14.6 Å². The maximum atomic E-state index is 11.7. The van der Waals surface area contributed by atoms with Crippen LogP contribution in [0, 0.1) is 6.92 Å². The summed E-state index contributed by atoms with van der Waals surface area (Å²) >= 11 is 0. The second-order valence-corrected chi connectivity index (χ2v) is 4.57.